The van der Waals surface area contributed by atoms with Gasteiger partial charge in [-0.15, -0.1) is 0 Å². The van der Waals surface area contributed by atoms with Crippen molar-refractivity contribution >= 4 is 12.0 Å². The molecule has 0 bridgehead atoms. The van der Waals surface area contributed by atoms with E-state index in [9.17, 15) is 9.18 Å². The van der Waals surface area contributed by atoms with Gasteiger partial charge in [-0.25, -0.2) is 4.39 Å². The molecule has 1 aromatic carbocycles. The molecule has 3 rings (SSSR count). The molecule has 0 heterocycles. The average Bonchev–Trinajstić information content (AvgIpc) is 2.62. The van der Waals surface area contributed by atoms with E-state index in [1.54, 1.807) is 6.07 Å². The van der Waals surface area contributed by atoms with Crippen molar-refractivity contribution < 1.29 is 9.18 Å². The molecule has 0 spiro atoms. The van der Waals surface area contributed by atoms with E-state index in [0.717, 1.165) is 41.5 Å². The van der Waals surface area contributed by atoms with Crippen LogP contribution < -0.4 is 5.73 Å². The number of nitrogens with two attached hydrogens (primary N) is 1. The van der Waals surface area contributed by atoms with Crippen LogP contribution in [0.1, 0.15) is 42.9 Å². The third-order valence-electron chi connectivity index (χ3n) is 4.34. The van der Waals surface area contributed by atoms with Gasteiger partial charge in [0.1, 0.15) is 5.82 Å². The lowest BCUT2D eigenvalue weighted by Crippen LogP contribution is -2.47. The number of primary amides is 1. The first-order chi connectivity index (χ1) is 8.54. The lowest BCUT2D eigenvalue weighted by atomic mass is 9.62. The van der Waals surface area contributed by atoms with Gasteiger partial charge >= 0.3 is 0 Å². The molecule has 0 unspecified atom stereocenters. The smallest absolute Gasteiger partial charge is 0.228 e. The SMILES string of the molecule is CC1=Cc2c(C3(C(N)=O)CCC3)ccc(F)c2C1. The molecular formula is C15H16FNO. The van der Waals surface area contributed by atoms with Crippen LogP contribution in [0.15, 0.2) is 17.7 Å². The summed E-state index contributed by atoms with van der Waals surface area (Å²) in [5.41, 5.74) is 8.70. The molecule has 0 saturated heterocycles. The van der Waals surface area contributed by atoms with Gasteiger partial charge < -0.3 is 5.73 Å². The lowest BCUT2D eigenvalue weighted by Gasteiger charge is -2.40. The molecule has 1 saturated carbocycles. The molecule has 1 aromatic rings. The Morgan fingerprint density at radius 3 is 2.67 bits per heavy atom. The van der Waals surface area contributed by atoms with Gasteiger partial charge in [-0.2, -0.15) is 0 Å². The third kappa shape index (κ3) is 1.36. The van der Waals surface area contributed by atoms with E-state index in [0.29, 0.717) is 6.42 Å². The Morgan fingerprint density at radius 1 is 1.39 bits per heavy atom. The van der Waals surface area contributed by atoms with Crippen LogP contribution in [0.5, 0.6) is 0 Å². The van der Waals surface area contributed by atoms with E-state index in [1.807, 2.05) is 13.0 Å². The third-order valence-corrected chi connectivity index (χ3v) is 4.34. The number of allylic oxidation sites excluding steroid dienone is 1. The number of fused-ring (bicyclic) bond motifs is 1. The largest absolute Gasteiger partial charge is 0.369 e. The molecule has 0 aromatic heterocycles. The van der Waals surface area contributed by atoms with Gasteiger partial charge in [-0.05, 0) is 48.9 Å². The van der Waals surface area contributed by atoms with Crippen LogP contribution in [0.2, 0.25) is 0 Å². The Hall–Kier alpha value is -1.64. The number of halogens is 1. The van der Waals surface area contributed by atoms with Gasteiger partial charge in [0.25, 0.3) is 0 Å². The first-order valence-electron chi connectivity index (χ1n) is 6.33. The number of rotatable bonds is 2. The Balaban J connectivity index is 2.20. The summed E-state index contributed by atoms with van der Waals surface area (Å²) in [6.45, 7) is 1.99. The number of carbonyl (C=O) groups is 1. The van der Waals surface area contributed by atoms with Crippen molar-refractivity contribution in [2.45, 2.75) is 38.0 Å². The molecule has 94 valence electrons. The normalized spacial score (nSPS) is 20.0. The minimum absolute atomic E-state index is 0.180. The molecule has 1 amide bonds. The topological polar surface area (TPSA) is 43.1 Å². The molecule has 2 aliphatic rings. The van der Waals surface area contributed by atoms with Crippen molar-refractivity contribution in [2.24, 2.45) is 5.73 Å². The van der Waals surface area contributed by atoms with Gasteiger partial charge in [0, 0.05) is 0 Å². The highest BCUT2D eigenvalue weighted by atomic mass is 19.1. The van der Waals surface area contributed by atoms with Gasteiger partial charge in [0.15, 0.2) is 0 Å². The highest BCUT2D eigenvalue weighted by Gasteiger charge is 2.46. The van der Waals surface area contributed by atoms with Crippen LogP contribution in [0, 0.1) is 5.82 Å². The summed E-state index contributed by atoms with van der Waals surface area (Å²) >= 11 is 0. The minimum Gasteiger partial charge on any atom is -0.369 e. The summed E-state index contributed by atoms with van der Waals surface area (Å²) < 4.78 is 13.8. The van der Waals surface area contributed by atoms with Crippen LogP contribution in [-0.4, -0.2) is 5.91 Å². The van der Waals surface area contributed by atoms with Gasteiger partial charge in [0.2, 0.25) is 5.91 Å². The van der Waals surface area contributed by atoms with E-state index >= 15 is 0 Å². The second kappa shape index (κ2) is 3.67. The monoisotopic (exact) mass is 245 g/mol. The fourth-order valence-corrected chi connectivity index (χ4v) is 3.15. The minimum atomic E-state index is -0.557. The summed E-state index contributed by atoms with van der Waals surface area (Å²) in [4.78, 5) is 11.8. The number of hydrogen-bond donors (Lipinski definition) is 1. The van der Waals surface area contributed by atoms with Crippen molar-refractivity contribution in [3.05, 3.63) is 40.2 Å². The first kappa shape index (κ1) is 11.5. The molecule has 2 nitrogen and oxygen atoms in total. The van der Waals surface area contributed by atoms with E-state index < -0.39 is 5.41 Å². The predicted molar refractivity (Wildman–Crippen MR) is 68.5 cm³/mol. The Morgan fingerprint density at radius 2 is 2.11 bits per heavy atom. The molecular weight excluding hydrogens is 229 g/mol. The highest BCUT2D eigenvalue weighted by Crippen LogP contribution is 2.47. The summed E-state index contributed by atoms with van der Waals surface area (Å²) in [5, 5.41) is 0. The van der Waals surface area contributed by atoms with E-state index in [2.05, 4.69) is 0 Å². The Labute approximate surface area is 106 Å². The zero-order valence-corrected chi connectivity index (χ0v) is 10.4. The fraction of sp³-hybridized carbons (Fsp3) is 0.400. The average molecular weight is 245 g/mol. The number of carbonyl (C=O) groups excluding carboxylic acids is 1. The second-order valence-electron chi connectivity index (χ2n) is 5.45. The Bertz CT molecular complexity index is 570. The second-order valence-corrected chi connectivity index (χ2v) is 5.45. The number of hydrogen-bond acceptors (Lipinski definition) is 1. The van der Waals surface area contributed by atoms with Crippen LogP contribution in [0.25, 0.3) is 6.08 Å². The van der Waals surface area contributed by atoms with Crippen molar-refractivity contribution in [1.29, 1.82) is 0 Å². The summed E-state index contributed by atoms with van der Waals surface area (Å²) in [5.74, 6) is -0.457. The number of amides is 1. The number of benzene rings is 1. The summed E-state index contributed by atoms with van der Waals surface area (Å²) in [6, 6.07) is 3.22. The zero-order valence-electron chi connectivity index (χ0n) is 10.4. The maximum atomic E-state index is 13.8. The highest BCUT2D eigenvalue weighted by molar-refractivity contribution is 5.90. The molecule has 0 radical (unpaired) electrons. The molecule has 0 aliphatic heterocycles. The van der Waals surface area contributed by atoms with E-state index in [4.69, 9.17) is 5.73 Å². The van der Waals surface area contributed by atoms with E-state index in [-0.39, 0.29) is 11.7 Å². The fourth-order valence-electron chi connectivity index (χ4n) is 3.15. The predicted octanol–water partition coefficient (Wildman–Crippen LogP) is 2.69. The quantitative estimate of drug-likeness (QED) is 0.855. The lowest BCUT2D eigenvalue weighted by molar-refractivity contribution is -0.126. The van der Waals surface area contributed by atoms with Crippen LogP contribution >= 0.6 is 0 Å². The van der Waals surface area contributed by atoms with Crippen molar-refractivity contribution in [3.8, 4) is 0 Å². The van der Waals surface area contributed by atoms with Crippen LogP contribution in [-0.2, 0) is 16.6 Å². The molecule has 18 heavy (non-hydrogen) atoms. The van der Waals surface area contributed by atoms with Crippen LogP contribution in [0.4, 0.5) is 4.39 Å². The Kier molecular flexibility index (Phi) is 2.34. The summed E-state index contributed by atoms with van der Waals surface area (Å²) in [7, 11) is 0. The molecule has 1 fully saturated rings. The standard InChI is InChI=1S/C15H16FNO/c1-9-7-10-11(8-9)13(16)4-3-12(10)15(14(17)18)5-2-6-15/h3-4,7H,2,5-6,8H2,1H3,(H2,17,18). The molecule has 3 heteroatoms. The zero-order chi connectivity index (χ0) is 12.9. The van der Waals surface area contributed by atoms with Gasteiger partial charge in [0.05, 0.1) is 5.41 Å². The molecule has 0 atom stereocenters. The van der Waals surface area contributed by atoms with Gasteiger partial charge in [-0.3, -0.25) is 4.79 Å². The molecule has 2 aliphatic carbocycles. The van der Waals surface area contributed by atoms with Crippen molar-refractivity contribution in [3.63, 3.8) is 0 Å². The van der Waals surface area contributed by atoms with Crippen LogP contribution in [0.3, 0.4) is 0 Å². The maximum absolute atomic E-state index is 13.8. The molecule has 2 N–H and O–H groups in total. The first-order valence-corrected chi connectivity index (χ1v) is 6.33. The maximum Gasteiger partial charge on any atom is 0.228 e. The van der Waals surface area contributed by atoms with E-state index in [1.165, 1.54) is 6.07 Å². The van der Waals surface area contributed by atoms with Crippen molar-refractivity contribution in [2.75, 3.05) is 0 Å². The van der Waals surface area contributed by atoms with Gasteiger partial charge in [-0.1, -0.05) is 24.1 Å². The summed E-state index contributed by atoms with van der Waals surface area (Å²) in [6.07, 6.45) is 5.22. The van der Waals surface area contributed by atoms with Crippen molar-refractivity contribution in [1.82, 2.24) is 0 Å².